The van der Waals surface area contributed by atoms with Crippen LogP contribution in [0.5, 0.6) is 0 Å². The molecule has 0 aliphatic heterocycles. The second-order valence-electron chi connectivity index (χ2n) is 3.85. The normalized spacial score (nSPS) is 11.6. The Morgan fingerprint density at radius 1 is 1.11 bits per heavy atom. The van der Waals surface area contributed by atoms with Crippen molar-refractivity contribution in [2.75, 3.05) is 5.43 Å². The van der Waals surface area contributed by atoms with Crippen molar-refractivity contribution in [3.05, 3.63) is 30.6 Å². The number of aromatic nitrogens is 6. The lowest BCUT2D eigenvalue weighted by atomic mass is 10.2. The number of hydrogen-bond donors (Lipinski definition) is 2. The fraction of sp³-hybridized carbons (Fsp3) is 0. The first-order chi connectivity index (χ1) is 8.90. The van der Waals surface area contributed by atoms with Gasteiger partial charge in [0.05, 0.1) is 5.52 Å². The maximum Gasteiger partial charge on any atom is 0.244 e. The molecule has 0 amide bonds. The van der Waals surface area contributed by atoms with E-state index in [1.54, 1.807) is 10.7 Å². The zero-order valence-electron chi connectivity index (χ0n) is 9.15. The number of para-hydroxylation sites is 1. The van der Waals surface area contributed by atoms with Crippen LogP contribution in [0.25, 0.3) is 22.3 Å². The Balaban J connectivity index is 2.42. The maximum absolute atomic E-state index is 5.46. The van der Waals surface area contributed by atoms with Crippen molar-refractivity contribution in [1.29, 1.82) is 0 Å². The molecule has 3 heterocycles. The first-order valence-electron chi connectivity index (χ1n) is 5.32. The topological polar surface area (TPSA) is 98.4 Å². The summed E-state index contributed by atoms with van der Waals surface area (Å²) >= 11 is 0. The first kappa shape index (κ1) is 9.31. The van der Waals surface area contributed by atoms with Crippen molar-refractivity contribution < 1.29 is 0 Å². The molecule has 0 fully saturated rings. The van der Waals surface area contributed by atoms with Gasteiger partial charge in [0, 0.05) is 5.39 Å². The molecule has 18 heavy (non-hydrogen) atoms. The van der Waals surface area contributed by atoms with Crippen LogP contribution in [-0.2, 0) is 0 Å². The minimum absolute atomic E-state index is 0.469. The lowest BCUT2D eigenvalue weighted by Gasteiger charge is -2.05. The number of benzene rings is 1. The number of nitrogens with zero attached hydrogens (tertiary/aromatic N) is 6. The second kappa shape index (κ2) is 3.14. The van der Waals surface area contributed by atoms with Crippen molar-refractivity contribution in [1.82, 2.24) is 29.2 Å². The molecule has 1 aromatic carbocycles. The number of hydrogen-bond acceptors (Lipinski definition) is 6. The molecule has 0 aliphatic rings. The summed E-state index contributed by atoms with van der Waals surface area (Å²) in [7, 11) is 0. The Kier molecular flexibility index (Phi) is 1.62. The third kappa shape index (κ3) is 0.973. The van der Waals surface area contributed by atoms with Crippen LogP contribution < -0.4 is 11.3 Å². The number of hydrazine groups is 1. The molecule has 0 aliphatic carbocycles. The first-order valence-corrected chi connectivity index (χ1v) is 5.32. The molecule has 0 saturated heterocycles. The highest BCUT2D eigenvalue weighted by Gasteiger charge is 2.14. The van der Waals surface area contributed by atoms with Crippen LogP contribution in [0.1, 0.15) is 0 Å². The van der Waals surface area contributed by atoms with Gasteiger partial charge in [-0.25, -0.2) is 14.6 Å². The summed E-state index contributed by atoms with van der Waals surface area (Å²) in [5, 5.41) is 17.1. The van der Waals surface area contributed by atoms with Crippen LogP contribution in [0, 0.1) is 0 Å². The monoisotopic (exact) mass is 240 g/mol. The van der Waals surface area contributed by atoms with Crippen molar-refractivity contribution in [3.8, 4) is 0 Å². The molecule has 8 nitrogen and oxygen atoms in total. The van der Waals surface area contributed by atoms with Gasteiger partial charge in [-0.3, -0.25) is 5.43 Å². The Bertz CT molecular complexity index is 873. The molecule has 88 valence electrons. The minimum atomic E-state index is 0.469. The van der Waals surface area contributed by atoms with Crippen LogP contribution >= 0.6 is 0 Å². The smallest absolute Gasteiger partial charge is 0.244 e. The Morgan fingerprint density at radius 2 is 2.00 bits per heavy atom. The highest BCUT2D eigenvalue weighted by Crippen LogP contribution is 2.22. The van der Waals surface area contributed by atoms with Crippen LogP contribution in [0.3, 0.4) is 0 Å². The molecule has 0 bridgehead atoms. The van der Waals surface area contributed by atoms with Gasteiger partial charge in [0.15, 0.2) is 5.65 Å². The highest BCUT2D eigenvalue weighted by atomic mass is 15.4. The average Bonchev–Trinajstić information content (AvgIpc) is 3.05. The van der Waals surface area contributed by atoms with Crippen molar-refractivity contribution in [3.63, 3.8) is 0 Å². The maximum atomic E-state index is 5.46. The van der Waals surface area contributed by atoms with E-state index in [4.69, 9.17) is 5.84 Å². The lowest BCUT2D eigenvalue weighted by molar-refractivity contribution is 1.06. The number of rotatable bonds is 1. The van der Waals surface area contributed by atoms with Crippen LogP contribution in [0.2, 0.25) is 0 Å². The van der Waals surface area contributed by atoms with Gasteiger partial charge >= 0.3 is 0 Å². The van der Waals surface area contributed by atoms with Gasteiger partial charge in [-0.15, -0.1) is 20.4 Å². The number of anilines is 1. The molecular formula is C10H8N8. The van der Waals surface area contributed by atoms with Gasteiger partial charge in [0.25, 0.3) is 0 Å². The molecule has 0 radical (unpaired) electrons. The average molecular weight is 240 g/mol. The van der Waals surface area contributed by atoms with Crippen LogP contribution in [-0.4, -0.2) is 29.2 Å². The summed E-state index contributed by atoms with van der Waals surface area (Å²) in [6.45, 7) is 0. The standard InChI is InChI=1S/C10H8N8/c11-13-9-15-16-10-17-5-12-14-8(17)6-3-1-2-4-7(6)18(9)10/h1-5H,11H2,(H,13,15). The number of nitrogens with two attached hydrogens (primary N) is 1. The summed E-state index contributed by atoms with van der Waals surface area (Å²) in [5.74, 6) is 6.54. The fourth-order valence-corrected chi connectivity index (χ4v) is 2.17. The summed E-state index contributed by atoms with van der Waals surface area (Å²) in [6, 6.07) is 7.82. The van der Waals surface area contributed by atoms with Gasteiger partial charge in [0.1, 0.15) is 6.33 Å². The second-order valence-corrected chi connectivity index (χ2v) is 3.85. The predicted octanol–water partition coefficient (Wildman–Crippen LogP) is 0.211. The van der Waals surface area contributed by atoms with Crippen LogP contribution in [0.4, 0.5) is 5.95 Å². The molecule has 0 saturated carbocycles. The molecule has 3 aromatic heterocycles. The number of nitrogens with one attached hydrogen (secondary N) is 1. The lowest BCUT2D eigenvalue weighted by Crippen LogP contribution is -2.11. The summed E-state index contributed by atoms with van der Waals surface area (Å²) in [4.78, 5) is 0. The van der Waals surface area contributed by atoms with E-state index in [0.717, 1.165) is 16.6 Å². The van der Waals surface area contributed by atoms with E-state index in [0.29, 0.717) is 11.7 Å². The van der Waals surface area contributed by atoms with Crippen molar-refractivity contribution in [2.45, 2.75) is 0 Å². The van der Waals surface area contributed by atoms with E-state index >= 15 is 0 Å². The Hall–Kier alpha value is -2.74. The molecule has 4 aromatic rings. The van der Waals surface area contributed by atoms with E-state index in [1.807, 2.05) is 28.7 Å². The van der Waals surface area contributed by atoms with E-state index in [9.17, 15) is 0 Å². The summed E-state index contributed by atoms with van der Waals surface area (Å²) < 4.78 is 3.60. The quantitative estimate of drug-likeness (QED) is 0.364. The van der Waals surface area contributed by atoms with E-state index < -0.39 is 0 Å². The Morgan fingerprint density at radius 3 is 2.89 bits per heavy atom. The van der Waals surface area contributed by atoms with E-state index in [2.05, 4.69) is 25.8 Å². The van der Waals surface area contributed by atoms with E-state index in [-0.39, 0.29) is 0 Å². The molecule has 0 unspecified atom stereocenters. The van der Waals surface area contributed by atoms with Gasteiger partial charge in [-0.2, -0.15) is 0 Å². The Labute approximate surface area is 100 Å². The third-order valence-corrected chi connectivity index (χ3v) is 2.92. The van der Waals surface area contributed by atoms with E-state index in [1.165, 1.54) is 0 Å². The SMILES string of the molecule is NNc1nnc2n3cnnc3c3ccccc3n12. The van der Waals surface area contributed by atoms with Gasteiger partial charge in [0.2, 0.25) is 11.7 Å². The largest absolute Gasteiger partial charge is 0.292 e. The van der Waals surface area contributed by atoms with Crippen molar-refractivity contribution in [2.24, 2.45) is 5.84 Å². The molecule has 0 spiro atoms. The van der Waals surface area contributed by atoms with Crippen LogP contribution in [0.15, 0.2) is 30.6 Å². The highest BCUT2D eigenvalue weighted by molar-refractivity contribution is 5.93. The summed E-state index contributed by atoms with van der Waals surface area (Å²) in [6.07, 6.45) is 1.60. The molecular weight excluding hydrogens is 232 g/mol. The summed E-state index contributed by atoms with van der Waals surface area (Å²) in [5.41, 5.74) is 4.20. The predicted molar refractivity (Wildman–Crippen MR) is 64.8 cm³/mol. The minimum Gasteiger partial charge on any atom is -0.292 e. The number of fused-ring (bicyclic) bond motifs is 6. The van der Waals surface area contributed by atoms with Gasteiger partial charge < -0.3 is 0 Å². The molecule has 3 N–H and O–H groups in total. The zero-order valence-corrected chi connectivity index (χ0v) is 9.15. The fourth-order valence-electron chi connectivity index (χ4n) is 2.17. The van der Waals surface area contributed by atoms with Gasteiger partial charge in [-0.05, 0) is 12.1 Å². The zero-order chi connectivity index (χ0) is 12.1. The molecule has 0 atom stereocenters. The van der Waals surface area contributed by atoms with Crippen molar-refractivity contribution >= 4 is 28.3 Å². The van der Waals surface area contributed by atoms with Gasteiger partial charge in [-0.1, -0.05) is 12.1 Å². The number of nitrogen functional groups attached to an aromatic ring is 1. The molecule has 8 heteroatoms. The third-order valence-electron chi connectivity index (χ3n) is 2.92. The molecule has 4 rings (SSSR count).